The summed E-state index contributed by atoms with van der Waals surface area (Å²) in [5.74, 6) is 2.72. The van der Waals surface area contributed by atoms with Crippen molar-refractivity contribution in [1.29, 1.82) is 0 Å². The first-order valence-electron chi connectivity index (χ1n) is 16.8. The summed E-state index contributed by atoms with van der Waals surface area (Å²) in [5.41, 5.74) is 3.82. The van der Waals surface area contributed by atoms with Gasteiger partial charge in [-0.3, -0.25) is 0 Å². The quantitative estimate of drug-likeness (QED) is 0.0879. The predicted octanol–water partition coefficient (Wildman–Crippen LogP) is 11.9. The summed E-state index contributed by atoms with van der Waals surface area (Å²) in [7, 11) is 0. The van der Waals surface area contributed by atoms with Gasteiger partial charge in [-0.25, -0.2) is 0 Å². The average molecular weight is 571 g/mol. The van der Waals surface area contributed by atoms with Gasteiger partial charge in [-0.05, 0) is 113 Å². The summed E-state index contributed by atoms with van der Waals surface area (Å²) in [6, 6.07) is 13.8. The highest BCUT2D eigenvalue weighted by Gasteiger charge is 2.17. The Kier molecular flexibility index (Phi) is 12.2. The lowest BCUT2D eigenvalue weighted by Gasteiger charge is -2.19. The maximum Gasteiger partial charge on any atom is 0.161 e. The number of unbranched alkanes of at least 4 members (excludes halogenated alkanes) is 9. The molecule has 0 saturated heterocycles. The van der Waals surface area contributed by atoms with Gasteiger partial charge < -0.3 is 14.2 Å². The van der Waals surface area contributed by atoms with Gasteiger partial charge >= 0.3 is 0 Å². The molecule has 4 aromatic rings. The molecular weight excluding hydrogens is 516 g/mol. The van der Waals surface area contributed by atoms with Crippen molar-refractivity contribution in [2.24, 2.45) is 0 Å². The summed E-state index contributed by atoms with van der Waals surface area (Å²) in [6.45, 7) is 15.5. The normalized spacial score (nSPS) is 11.6. The van der Waals surface area contributed by atoms with E-state index in [2.05, 4.69) is 77.9 Å². The van der Waals surface area contributed by atoms with Crippen molar-refractivity contribution in [3.05, 3.63) is 53.1 Å². The number of fused-ring (bicyclic) bond motifs is 6. The Morgan fingerprint density at radius 2 is 0.667 bits per heavy atom. The molecule has 0 unspecified atom stereocenters. The highest BCUT2D eigenvalue weighted by atomic mass is 16.5. The summed E-state index contributed by atoms with van der Waals surface area (Å²) < 4.78 is 19.3. The molecule has 0 N–H and O–H groups in total. The lowest BCUT2D eigenvalue weighted by atomic mass is 9.90. The van der Waals surface area contributed by atoms with Gasteiger partial charge in [0.15, 0.2) is 11.5 Å². The topological polar surface area (TPSA) is 27.7 Å². The van der Waals surface area contributed by atoms with Crippen molar-refractivity contribution in [2.45, 2.75) is 119 Å². The van der Waals surface area contributed by atoms with Crippen molar-refractivity contribution >= 4 is 32.3 Å². The van der Waals surface area contributed by atoms with E-state index in [0.29, 0.717) is 6.61 Å². The van der Waals surface area contributed by atoms with Crippen LogP contribution in [0.4, 0.5) is 0 Å². The molecule has 4 rings (SSSR count). The fourth-order valence-electron chi connectivity index (χ4n) is 5.92. The van der Waals surface area contributed by atoms with Crippen LogP contribution in [0.5, 0.6) is 17.2 Å². The smallest absolute Gasteiger partial charge is 0.161 e. The Bertz CT molecular complexity index is 1430. The molecule has 42 heavy (non-hydrogen) atoms. The molecule has 3 nitrogen and oxygen atoms in total. The molecule has 0 aromatic heterocycles. The standard InChI is InChI=1S/C39H54O3/c1-7-10-13-16-19-40-37-25-34-33(24-30(37)6)31-22-28(4)29(5)23-32(31)35-26-38(41-20-17-14-11-8-2)39(27-36(34)35)42-21-18-15-12-9-3/h22-27H,7-21H2,1-6H3. The van der Waals surface area contributed by atoms with Crippen molar-refractivity contribution in [1.82, 2.24) is 0 Å². The van der Waals surface area contributed by atoms with Crippen LogP contribution in [0, 0.1) is 20.8 Å². The van der Waals surface area contributed by atoms with E-state index in [0.717, 1.165) is 49.7 Å². The van der Waals surface area contributed by atoms with E-state index in [4.69, 9.17) is 14.2 Å². The van der Waals surface area contributed by atoms with Crippen LogP contribution in [0.25, 0.3) is 32.3 Å². The molecule has 0 spiro atoms. The number of rotatable bonds is 18. The van der Waals surface area contributed by atoms with Gasteiger partial charge in [0.25, 0.3) is 0 Å². The highest BCUT2D eigenvalue weighted by Crippen LogP contribution is 2.43. The Morgan fingerprint density at radius 3 is 1.05 bits per heavy atom. The molecule has 0 heterocycles. The Hall–Kier alpha value is -2.94. The van der Waals surface area contributed by atoms with Crippen molar-refractivity contribution in [2.75, 3.05) is 19.8 Å². The van der Waals surface area contributed by atoms with Crippen LogP contribution in [0.15, 0.2) is 36.4 Å². The van der Waals surface area contributed by atoms with Crippen molar-refractivity contribution in [3.8, 4) is 17.2 Å². The van der Waals surface area contributed by atoms with Crippen LogP contribution in [0.3, 0.4) is 0 Å². The highest BCUT2D eigenvalue weighted by molar-refractivity contribution is 6.26. The Labute approximate surface area is 254 Å². The second-order valence-electron chi connectivity index (χ2n) is 12.2. The molecule has 3 heteroatoms. The molecular formula is C39H54O3. The van der Waals surface area contributed by atoms with Gasteiger partial charge in [0.05, 0.1) is 19.8 Å². The van der Waals surface area contributed by atoms with Crippen LogP contribution in [0.1, 0.15) is 115 Å². The van der Waals surface area contributed by atoms with Crippen molar-refractivity contribution in [3.63, 3.8) is 0 Å². The predicted molar refractivity (Wildman–Crippen MR) is 182 cm³/mol. The first-order chi connectivity index (χ1) is 20.5. The first kappa shape index (κ1) is 32.0. The summed E-state index contributed by atoms with van der Waals surface area (Å²) in [5, 5.41) is 7.50. The fraction of sp³-hybridized carbons (Fsp3) is 0.538. The molecule has 0 fully saturated rings. The molecule has 228 valence electrons. The van der Waals surface area contributed by atoms with Crippen LogP contribution >= 0.6 is 0 Å². The third kappa shape index (κ3) is 7.91. The Balaban J connectivity index is 1.83. The molecule has 0 atom stereocenters. The van der Waals surface area contributed by atoms with E-state index in [9.17, 15) is 0 Å². The molecule has 0 aliphatic heterocycles. The zero-order valence-electron chi connectivity index (χ0n) is 27.3. The van der Waals surface area contributed by atoms with Gasteiger partial charge in [0.1, 0.15) is 5.75 Å². The first-order valence-corrected chi connectivity index (χ1v) is 16.8. The van der Waals surface area contributed by atoms with E-state index in [1.54, 1.807) is 0 Å². The number of ether oxygens (including phenoxy) is 3. The van der Waals surface area contributed by atoms with Gasteiger partial charge in [0, 0.05) is 0 Å². The molecule has 0 aliphatic rings. The summed E-state index contributed by atoms with van der Waals surface area (Å²) >= 11 is 0. The zero-order chi connectivity index (χ0) is 29.9. The SMILES string of the molecule is CCCCCCOc1cc2c(cc1C)c1cc(C)c(C)cc1c1cc(OCCCCCC)c(OCCCCCC)cc21. The maximum absolute atomic E-state index is 6.47. The number of hydrogen-bond donors (Lipinski definition) is 0. The van der Waals surface area contributed by atoms with Crippen molar-refractivity contribution < 1.29 is 14.2 Å². The third-order valence-corrected chi connectivity index (χ3v) is 8.67. The van der Waals surface area contributed by atoms with Crippen LogP contribution in [-0.4, -0.2) is 19.8 Å². The lowest BCUT2D eigenvalue weighted by Crippen LogP contribution is -2.03. The van der Waals surface area contributed by atoms with E-state index in [1.165, 1.54) is 107 Å². The number of aryl methyl sites for hydroxylation is 3. The van der Waals surface area contributed by atoms with Crippen LogP contribution in [-0.2, 0) is 0 Å². The minimum Gasteiger partial charge on any atom is -0.493 e. The molecule has 0 radical (unpaired) electrons. The summed E-state index contributed by atoms with van der Waals surface area (Å²) in [6.07, 6.45) is 14.3. The lowest BCUT2D eigenvalue weighted by molar-refractivity contribution is 0.259. The number of hydrogen-bond acceptors (Lipinski definition) is 3. The molecule has 0 aliphatic carbocycles. The zero-order valence-corrected chi connectivity index (χ0v) is 27.3. The van der Waals surface area contributed by atoms with E-state index in [1.807, 2.05) is 0 Å². The molecule has 4 aromatic carbocycles. The monoisotopic (exact) mass is 570 g/mol. The second-order valence-corrected chi connectivity index (χ2v) is 12.2. The average Bonchev–Trinajstić information content (AvgIpc) is 2.98. The maximum atomic E-state index is 6.47. The minimum atomic E-state index is 0.715. The van der Waals surface area contributed by atoms with E-state index in [-0.39, 0.29) is 0 Å². The fourth-order valence-corrected chi connectivity index (χ4v) is 5.92. The summed E-state index contributed by atoms with van der Waals surface area (Å²) in [4.78, 5) is 0. The van der Waals surface area contributed by atoms with E-state index >= 15 is 0 Å². The third-order valence-electron chi connectivity index (χ3n) is 8.67. The second kappa shape index (κ2) is 16.1. The minimum absolute atomic E-state index is 0.715. The van der Waals surface area contributed by atoms with E-state index < -0.39 is 0 Å². The Morgan fingerprint density at radius 1 is 0.357 bits per heavy atom. The largest absolute Gasteiger partial charge is 0.493 e. The molecule has 0 bridgehead atoms. The molecule has 0 saturated carbocycles. The number of benzene rings is 4. The molecule has 0 amide bonds. The van der Waals surface area contributed by atoms with Gasteiger partial charge in [-0.1, -0.05) is 90.7 Å². The van der Waals surface area contributed by atoms with Gasteiger partial charge in [-0.15, -0.1) is 0 Å². The van der Waals surface area contributed by atoms with Crippen LogP contribution in [0.2, 0.25) is 0 Å². The van der Waals surface area contributed by atoms with Gasteiger partial charge in [-0.2, -0.15) is 0 Å². The van der Waals surface area contributed by atoms with Gasteiger partial charge in [0.2, 0.25) is 0 Å². The van der Waals surface area contributed by atoms with Crippen LogP contribution < -0.4 is 14.2 Å².